The molecule has 0 atom stereocenters. The Morgan fingerprint density at radius 3 is 2.74 bits per heavy atom. The first kappa shape index (κ1) is 15.8. The monoisotopic (exact) mass is 390 g/mol. The molecule has 1 aromatic heterocycles. The smallest absolute Gasteiger partial charge is 0.230 e. The SMILES string of the molecule is O=C(Cc1csc(-c2ccccc2)n1)Nc1ccc(F)cc1Br. The maximum Gasteiger partial charge on any atom is 0.230 e. The molecular weight excluding hydrogens is 379 g/mol. The maximum atomic E-state index is 13.0. The van der Waals surface area contributed by atoms with Gasteiger partial charge in [0.1, 0.15) is 10.8 Å². The van der Waals surface area contributed by atoms with E-state index in [-0.39, 0.29) is 18.1 Å². The number of hydrogen-bond acceptors (Lipinski definition) is 3. The van der Waals surface area contributed by atoms with Crippen LogP contribution in [-0.2, 0) is 11.2 Å². The number of benzene rings is 2. The van der Waals surface area contributed by atoms with Gasteiger partial charge in [0, 0.05) is 15.4 Å². The van der Waals surface area contributed by atoms with Gasteiger partial charge in [-0.25, -0.2) is 9.37 Å². The van der Waals surface area contributed by atoms with Crippen LogP contribution >= 0.6 is 27.3 Å². The standard InChI is InChI=1S/C17H12BrFN2OS/c18-14-8-12(19)6-7-15(14)21-16(22)9-13-10-23-17(20-13)11-4-2-1-3-5-11/h1-8,10H,9H2,(H,21,22). The molecule has 3 rings (SSSR count). The lowest BCUT2D eigenvalue weighted by Crippen LogP contribution is -2.15. The van der Waals surface area contributed by atoms with Gasteiger partial charge in [0.2, 0.25) is 5.91 Å². The molecule has 1 heterocycles. The van der Waals surface area contributed by atoms with E-state index < -0.39 is 0 Å². The number of anilines is 1. The Bertz CT molecular complexity index is 836. The van der Waals surface area contributed by atoms with E-state index in [1.165, 1.54) is 29.5 Å². The van der Waals surface area contributed by atoms with E-state index in [1.807, 2.05) is 35.7 Å². The van der Waals surface area contributed by atoms with Crippen molar-refractivity contribution in [2.75, 3.05) is 5.32 Å². The molecule has 2 aromatic carbocycles. The molecule has 0 unspecified atom stereocenters. The normalized spacial score (nSPS) is 10.5. The van der Waals surface area contributed by atoms with Gasteiger partial charge in [0.05, 0.1) is 17.8 Å². The number of thiazole rings is 1. The molecule has 23 heavy (non-hydrogen) atoms. The van der Waals surface area contributed by atoms with Crippen LogP contribution in [0, 0.1) is 5.82 Å². The van der Waals surface area contributed by atoms with Crippen LogP contribution in [0.1, 0.15) is 5.69 Å². The van der Waals surface area contributed by atoms with E-state index in [0.717, 1.165) is 10.6 Å². The van der Waals surface area contributed by atoms with Crippen LogP contribution in [-0.4, -0.2) is 10.9 Å². The summed E-state index contributed by atoms with van der Waals surface area (Å²) in [6, 6.07) is 14.0. The molecule has 6 heteroatoms. The minimum absolute atomic E-state index is 0.174. The Morgan fingerprint density at radius 2 is 2.00 bits per heavy atom. The predicted octanol–water partition coefficient (Wildman–Crippen LogP) is 4.89. The average Bonchev–Trinajstić information content (AvgIpc) is 2.99. The molecule has 0 saturated heterocycles. The van der Waals surface area contributed by atoms with Crippen LogP contribution in [0.15, 0.2) is 58.4 Å². The van der Waals surface area contributed by atoms with Crippen molar-refractivity contribution in [3.05, 3.63) is 69.9 Å². The summed E-state index contributed by atoms with van der Waals surface area (Å²) in [7, 11) is 0. The van der Waals surface area contributed by atoms with Crippen molar-refractivity contribution in [2.24, 2.45) is 0 Å². The zero-order chi connectivity index (χ0) is 16.2. The second-order valence-corrected chi connectivity index (χ2v) is 6.57. The Labute approximate surface area is 145 Å². The van der Waals surface area contributed by atoms with Gasteiger partial charge in [-0.05, 0) is 34.1 Å². The third-order valence-corrected chi connectivity index (χ3v) is 4.72. The Morgan fingerprint density at radius 1 is 1.22 bits per heavy atom. The fraction of sp³-hybridized carbons (Fsp3) is 0.0588. The molecule has 0 radical (unpaired) electrons. The van der Waals surface area contributed by atoms with E-state index in [9.17, 15) is 9.18 Å². The van der Waals surface area contributed by atoms with Crippen molar-refractivity contribution in [3.8, 4) is 10.6 Å². The van der Waals surface area contributed by atoms with Crippen molar-refractivity contribution >= 4 is 38.9 Å². The van der Waals surface area contributed by atoms with Gasteiger partial charge < -0.3 is 5.32 Å². The molecule has 1 N–H and O–H groups in total. The zero-order valence-electron chi connectivity index (χ0n) is 11.9. The second-order valence-electron chi connectivity index (χ2n) is 4.86. The number of amides is 1. The van der Waals surface area contributed by atoms with Crippen LogP contribution in [0.25, 0.3) is 10.6 Å². The highest BCUT2D eigenvalue weighted by atomic mass is 79.9. The first-order chi connectivity index (χ1) is 11.1. The van der Waals surface area contributed by atoms with Gasteiger partial charge in [-0.3, -0.25) is 4.79 Å². The number of nitrogens with one attached hydrogen (secondary N) is 1. The molecule has 0 saturated carbocycles. The van der Waals surface area contributed by atoms with Crippen molar-refractivity contribution in [2.45, 2.75) is 6.42 Å². The van der Waals surface area contributed by atoms with Crippen molar-refractivity contribution in [1.82, 2.24) is 4.98 Å². The molecule has 0 bridgehead atoms. The summed E-state index contributed by atoms with van der Waals surface area (Å²) >= 11 is 4.73. The Balaban J connectivity index is 1.68. The molecule has 3 aromatic rings. The zero-order valence-corrected chi connectivity index (χ0v) is 14.3. The first-order valence-electron chi connectivity index (χ1n) is 6.86. The third-order valence-electron chi connectivity index (χ3n) is 3.12. The summed E-state index contributed by atoms with van der Waals surface area (Å²) in [6.07, 6.45) is 0.174. The maximum absolute atomic E-state index is 13.0. The highest BCUT2D eigenvalue weighted by Gasteiger charge is 2.11. The molecular formula is C17H12BrFN2OS. The van der Waals surface area contributed by atoms with E-state index in [2.05, 4.69) is 26.2 Å². The van der Waals surface area contributed by atoms with E-state index in [0.29, 0.717) is 15.9 Å². The van der Waals surface area contributed by atoms with Crippen molar-refractivity contribution in [1.29, 1.82) is 0 Å². The average molecular weight is 391 g/mol. The number of rotatable bonds is 4. The summed E-state index contributed by atoms with van der Waals surface area (Å²) in [6.45, 7) is 0. The van der Waals surface area contributed by atoms with Crippen LogP contribution < -0.4 is 5.32 Å². The highest BCUT2D eigenvalue weighted by Crippen LogP contribution is 2.25. The van der Waals surface area contributed by atoms with E-state index in [1.54, 1.807) is 0 Å². The molecule has 0 fully saturated rings. The van der Waals surface area contributed by atoms with E-state index >= 15 is 0 Å². The second kappa shape index (κ2) is 7.02. The molecule has 0 aliphatic carbocycles. The Kier molecular flexibility index (Phi) is 4.83. The lowest BCUT2D eigenvalue weighted by atomic mass is 10.2. The summed E-state index contributed by atoms with van der Waals surface area (Å²) < 4.78 is 13.6. The summed E-state index contributed by atoms with van der Waals surface area (Å²) in [5.41, 5.74) is 2.28. The van der Waals surface area contributed by atoms with Crippen LogP contribution in [0.5, 0.6) is 0 Å². The summed E-state index contributed by atoms with van der Waals surface area (Å²) in [4.78, 5) is 16.6. The number of carbonyl (C=O) groups excluding carboxylic acids is 1. The molecule has 0 aliphatic rings. The molecule has 1 amide bonds. The number of hydrogen-bond donors (Lipinski definition) is 1. The van der Waals surface area contributed by atoms with Gasteiger partial charge in [-0.15, -0.1) is 11.3 Å². The molecule has 116 valence electrons. The van der Waals surface area contributed by atoms with Gasteiger partial charge in [-0.1, -0.05) is 30.3 Å². The summed E-state index contributed by atoms with van der Waals surface area (Å²) in [5, 5.41) is 5.51. The lowest BCUT2D eigenvalue weighted by molar-refractivity contribution is -0.115. The largest absolute Gasteiger partial charge is 0.325 e. The van der Waals surface area contributed by atoms with Gasteiger partial charge in [0.25, 0.3) is 0 Å². The molecule has 0 spiro atoms. The van der Waals surface area contributed by atoms with Crippen molar-refractivity contribution < 1.29 is 9.18 Å². The van der Waals surface area contributed by atoms with Crippen LogP contribution in [0.4, 0.5) is 10.1 Å². The third kappa shape index (κ3) is 4.03. The number of carbonyl (C=O) groups is 1. The summed E-state index contributed by atoms with van der Waals surface area (Å²) in [5.74, 6) is -0.552. The Hall–Kier alpha value is -2.05. The van der Waals surface area contributed by atoms with Gasteiger partial charge in [0.15, 0.2) is 0 Å². The minimum atomic E-state index is -0.359. The number of halogens is 2. The van der Waals surface area contributed by atoms with Crippen molar-refractivity contribution in [3.63, 3.8) is 0 Å². The topological polar surface area (TPSA) is 42.0 Å². The molecule has 0 aliphatic heterocycles. The van der Waals surface area contributed by atoms with Crippen LogP contribution in [0.3, 0.4) is 0 Å². The number of aromatic nitrogens is 1. The fourth-order valence-electron chi connectivity index (χ4n) is 2.05. The van der Waals surface area contributed by atoms with E-state index in [4.69, 9.17) is 0 Å². The lowest BCUT2D eigenvalue weighted by Gasteiger charge is -2.06. The van der Waals surface area contributed by atoms with Gasteiger partial charge in [-0.2, -0.15) is 0 Å². The number of nitrogens with zero attached hydrogens (tertiary/aromatic N) is 1. The fourth-order valence-corrected chi connectivity index (χ4v) is 3.33. The first-order valence-corrected chi connectivity index (χ1v) is 8.54. The van der Waals surface area contributed by atoms with Crippen LogP contribution in [0.2, 0.25) is 0 Å². The quantitative estimate of drug-likeness (QED) is 0.688. The minimum Gasteiger partial charge on any atom is -0.325 e. The van der Waals surface area contributed by atoms with Gasteiger partial charge >= 0.3 is 0 Å². The predicted molar refractivity (Wildman–Crippen MR) is 94.0 cm³/mol. The highest BCUT2D eigenvalue weighted by molar-refractivity contribution is 9.10. The molecule has 3 nitrogen and oxygen atoms in total.